The predicted octanol–water partition coefficient (Wildman–Crippen LogP) is 3.71. The fraction of sp³-hybridized carbons (Fsp3) is 0.586. The highest BCUT2D eigenvalue weighted by atomic mass is 32.2. The molecule has 4 aliphatic rings. The van der Waals surface area contributed by atoms with E-state index in [0.717, 1.165) is 43.0 Å². The van der Waals surface area contributed by atoms with Gasteiger partial charge in [-0.15, -0.1) is 0 Å². The van der Waals surface area contributed by atoms with Crippen LogP contribution in [0.4, 0.5) is 10.5 Å². The van der Waals surface area contributed by atoms with Crippen molar-refractivity contribution < 1.29 is 22.8 Å². The summed E-state index contributed by atoms with van der Waals surface area (Å²) in [5.41, 5.74) is 0.121. The lowest BCUT2D eigenvalue weighted by Gasteiger charge is -2.34. The molecule has 1 aromatic carbocycles. The highest BCUT2D eigenvalue weighted by molar-refractivity contribution is 7.92. The van der Waals surface area contributed by atoms with Crippen molar-refractivity contribution in [1.82, 2.24) is 14.9 Å². The van der Waals surface area contributed by atoms with E-state index in [1.54, 1.807) is 38.1 Å². The van der Waals surface area contributed by atoms with Gasteiger partial charge in [-0.25, -0.2) is 13.2 Å². The van der Waals surface area contributed by atoms with Crippen LogP contribution in [0.3, 0.4) is 0 Å². The minimum absolute atomic E-state index is 0.0972. The molecule has 10 nitrogen and oxygen atoms in total. The van der Waals surface area contributed by atoms with E-state index < -0.39 is 27.1 Å². The van der Waals surface area contributed by atoms with Crippen LogP contribution < -0.4 is 15.5 Å². The van der Waals surface area contributed by atoms with Crippen LogP contribution in [0.5, 0.6) is 0 Å². The van der Waals surface area contributed by atoms with Gasteiger partial charge in [0.2, 0.25) is 10.0 Å². The Balaban J connectivity index is 1.24. The zero-order valence-electron chi connectivity index (χ0n) is 23.7. The molecule has 0 radical (unpaired) electrons. The lowest BCUT2D eigenvalue weighted by Crippen LogP contribution is -2.50. The Bertz CT molecular complexity index is 1380. The van der Waals surface area contributed by atoms with Crippen molar-refractivity contribution in [3.05, 3.63) is 34.7 Å². The lowest BCUT2D eigenvalue weighted by molar-refractivity contribution is -0.125. The number of carbonyl (C=O) groups excluding carboxylic acids is 3. The summed E-state index contributed by atoms with van der Waals surface area (Å²) >= 11 is 0. The number of rotatable bonds is 6. The van der Waals surface area contributed by atoms with Gasteiger partial charge in [0.15, 0.2) is 0 Å². The molecule has 1 aromatic rings. The number of nitrogens with one attached hydrogen (secondary N) is 2. The Hall–Kier alpha value is -3.05. The number of amidine groups is 1. The fourth-order valence-electron chi connectivity index (χ4n) is 6.36. The largest absolute Gasteiger partial charge is 0.329 e. The third-order valence-electron chi connectivity index (χ3n) is 9.19. The summed E-state index contributed by atoms with van der Waals surface area (Å²) in [6.07, 6.45) is 7.87. The summed E-state index contributed by atoms with van der Waals surface area (Å²) in [7, 11) is -3.71. The SMILES string of the molecule is CCC1CCC(C2=NC3(CCN(S(=O)(=O)/C=C/c4ccc(N5C(=O)NC(=O)C5(C)C)cc4C)CC3)C(=O)N2)CC1. The van der Waals surface area contributed by atoms with Gasteiger partial charge in [0.05, 0.1) is 0 Å². The van der Waals surface area contributed by atoms with Crippen LogP contribution in [0, 0.1) is 18.8 Å². The van der Waals surface area contributed by atoms with Gasteiger partial charge in [-0.05, 0) is 94.5 Å². The number of nitrogens with zero attached hydrogens (tertiary/aromatic N) is 3. The monoisotopic (exact) mass is 569 g/mol. The Kier molecular flexibility index (Phi) is 7.41. The number of aliphatic imine (C=N–C) groups is 1. The molecule has 0 aromatic heterocycles. The van der Waals surface area contributed by atoms with E-state index in [9.17, 15) is 22.8 Å². The van der Waals surface area contributed by atoms with Gasteiger partial charge in [0.1, 0.15) is 16.9 Å². The van der Waals surface area contributed by atoms with Gasteiger partial charge >= 0.3 is 6.03 Å². The third-order valence-corrected chi connectivity index (χ3v) is 10.8. The molecule has 0 atom stereocenters. The van der Waals surface area contributed by atoms with E-state index >= 15 is 0 Å². The molecule has 3 heterocycles. The summed E-state index contributed by atoms with van der Waals surface area (Å²) < 4.78 is 27.8. The van der Waals surface area contributed by atoms with Crippen molar-refractivity contribution in [3.63, 3.8) is 0 Å². The number of aryl methyl sites for hydroxylation is 1. The maximum absolute atomic E-state index is 13.2. The van der Waals surface area contributed by atoms with Crippen molar-refractivity contribution in [1.29, 1.82) is 0 Å². The van der Waals surface area contributed by atoms with Crippen LogP contribution in [0.1, 0.15) is 76.8 Å². The van der Waals surface area contributed by atoms with E-state index in [0.29, 0.717) is 24.1 Å². The number of carbonyl (C=O) groups is 3. The molecule has 0 unspecified atom stereocenters. The van der Waals surface area contributed by atoms with E-state index in [4.69, 9.17) is 4.99 Å². The Labute approximate surface area is 236 Å². The van der Waals surface area contributed by atoms with Crippen LogP contribution in [0.2, 0.25) is 0 Å². The van der Waals surface area contributed by atoms with Crippen molar-refractivity contribution in [2.45, 2.75) is 83.7 Å². The number of sulfonamides is 1. The molecule has 1 spiro atoms. The highest BCUT2D eigenvalue weighted by Gasteiger charge is 2.48. The van der Waals surface area contributed by atoms with Crippen LogP contribution in [0.25, 0.3) is 6.08 Å². The van der Waals surface area contributed by atoms with Gasteiger partial charge in [0, 0.05) is 30.1 Å². The highest BCUT2D eigenvalue weighted by Crippen LogP contribution is 2.37. The number of anilines is 1. The molecule has 11 heteroatoms. The van der Waals surface area contributed by atoms with Gasteiger partial charge in [-0.1, -0.05) is 19.4 Å². The second kappa shape index (κ2) is 10.4. The molecule has 1 saturated carbocycles. The number of benzene rings is 1. The smallest absolute Gasteiger partial charge is 0.312 e. The van der Waals surface area contributed by atoms with Crippen molar-refractivity contribution in [2.75, 3.05) is 18.0 Å². The van der Waals surface area contributed by atoms with Gasteiger partial charge in [-0.2, -0.15) is 4.31 Å². The average Bonchev–Trinajstić information content (AvgIpc) is 3.33. The molecular formula is C29H39N5O5S. The maximum atomic E-state index is 13.2. The molecule has 2 saturated heterocycles. The molecule has 3 fully saturated rings. The Morgan fingerprint density at radius 1 is 1.02 bits per heavy atom. The van der Waals surface area contributed by atoms with Crippen LogP contribution in [-0.2, 0) is 19.6 Å². The Morgan fingerprint density at radius 2 is 1.70 bits per heavy atom. The number of piperidine rings is 1. The molecule has 3 aliphatic heterocycles. The second-order valence-electron chi connectivity index (χ2n) is 12.0. The zero-order chi connectivity index (χ0) is 28.9. The first-order valence-electron chi connectivity index (χ1n) is 14.2. The molecule has 1 aliphatic carbocycles. The molecule has 40 heavy (non-hydrogen) atoms. The van der Waals surface area contributed by atoms with E-state index in [1.807, 2.05) is 6.92 Å². The summed E-state index contributed by atoms with van der Waals surface area (Å²) in [4.78, 5) is 43.7. The first kappa shape index (κ1) is 28.5. The van der Waals surface area contributed by atoms with Crippen LogP contribution >= 0.6 is 0 Å². The minimum atomic E-state index is -3.71. The quantitative estimate of drug-likeness (QED) is 0.505. The topological polar surface area (TPSA) is 128 Å². The maximum Gasteiger partial charge on any atom is 0.329 e. The normalized spacial score (nSPS) is 26.9. The van der Waals surface area contributed by atoms with E-state index in [-0.39, 0.29) is 30.8 Å². The first-order chi connectivity index (χ1) is 18.9. The second-order valence-corrected chi connectivity index (χ2v) is 13.9. The number of imide groups is 1. The summed E-state index contributed by atoms with van der Waals surface area (Å²) in [5.74, 6) is 1.38. The molecule has 5 rings (SSSR count). The number of amides is 4. The van der Waals surface area contributed by atoms with Gasteiger partial charge in [-0.3, -0.25) is 24.8 Å². The van der Waals surface area contributed by atoms with E-state index in [2.05, 4.69) is 17.6 Å². The van der Waals surface area contributed by atoms with Crippen LogP contribution in [0.15, 0.2) is 28.6 Å². The molecule has 216 valence electrons. The number of hydrogen-bond donors (Lipinski definition) is 2. The minimum Gasteiger partial charge on any atom is -0.312 e. The zero-order valence-corrected chi connectivity index (χ0v) is 24.5. The predicted molar refractivity (Wildman–Crippen MR) is 154 cm³/mol. The molecular weight excluding hydrogens is 530 g/mol. The average molecular weight is 570 g/mol. The standard InChI is InChI=1S/C29H39N5O5S/c1-5-20-6-8-22(9-7-20)24-30-26(36)29(32-24)13-15-33(16-14-29)40(38,39)17-12-21-10-11-23(18-19(21)2)34-27(37)31-25(35)28(34,3)4/h10-12,17-18,20,22H,5-9,13-16H2,1-4H3,(H,30,32,36)(H,31,35,37)/b17-12+. The summed E-state index contributed by atoms with van der Waals surface area (Å²) in [6.45, 7) is 7.85. The van der Waals surface area contributed by atoms with Gasteiger partial charge < -0.3 is 5.32 Å². The van der Waals surface area contributed by atoms with Crippen molar-refractivity contribution in [2.24, 2.45) is 16.8 Å². The van der Waals surface area contributed by atoms with Crippen molar-refractivity contribution >= 4 is 45.5 Å². The summed E-state index contributed by atoms with van der Waals surface area (Å²) in [5, 5.41) is 6.56. The van der Waals surface area contributed by atoms with Crippen LogP contribution in [-0.4, -0.2) is 60.6 Å². The number of hydrogen-bond acceptors (Lipinski definition) is 6. The third kappa shape index (κ3) is 5.09. The van der Waals surface area contributed by atoms with Crippen molar-refractivity contribution in [3.8, 4) is 0 Å². The molecule has 4 amide bonds. The fourth-order valence-corrected chi connectivity index (χ4v) is 7.54. The molecule has 0 bridgehead atoms. The van der Waals surface area contributed by atoms with E-state index in [1.165, 1.54) is 21.0 Å². The summed E-state index contributed by atoms with van der Waals surface area (Å²) in [6, 6.07) is 4.72. The lowest BCUT2D eigenvalue weighted by atomic mass is 9.80. The van der Waals surface area contributed by atoms with Gasteiger partial charge in [0.25, 0.3) is 11.8 Å². The first-order valence-corrected chi connectivity index (χ1v) is 15.7. The Morgan fingerprint density at radius 3 is 2.27 bits per heavy atom. The number of urea groups is 1. The molecule has 2 N–H and O–H groups in total.